The molecule has 29 heavy (non-hydrogen) atoms. The third kappa shape index (κ3) is 4.42. The molecule has 3 rings (SSSR count). The standard InChI is InChI=1S/C21H17BrFNO5/c22-14-7-3-13(4-8-14)19(27)17-18(12-5-9-15(23)10-6-12)24(21(29)20(17)28)11-1-2-16(25)26/h3-10,17-18H,1-2,11H2,(H,25,26). The van der Waals surface area contributed by atoms with Gasteiger partial charge in [0.15, 0.2) is 5.78 Å². The maximum Gasteiger partial charge on any atom is 0.303 e. The highest BCUT2D eigenvalue weighted by molar-refractivity contribution is 9.10. The molecule has 2 atom stereocenters. The summed E-state index contributed by atoms with van der Waals surface area (Å²) in [5.41, 5.74) is 0.718. The molecule has 1 fully saturated rings. The maximum atomic E-state index is 13.4. The van der Waals surface area contributed by atoms with Crippen LogP contribution in [0.15, 0.2) is 53.0 Å². The summed E-state index contributed by atoms with van der Waals surface area (Å²) in [6, 6.07) is 10.8. The van der Waals surface area contributed by atoms with E-state index >= 15 is 0 Å². The number of aliphatic carboxylic acids is 1. The van der Waals surface area contributed by atoms with Crippen molar-refractivity contribution in [1.82, 2.24) is 4.90 Å². The third-order valence-electron chi connectivity index (χ3n) is 4.82. The number of carbonyl (C=O) groups is 4. The lowest BCUT2D eigenvalue weighted by Gasteiger charge is -2.27. The average molecular weight is 462 g/mol. The quantitative estimate of drug-likeness (QED) is 0.387. The zero-order valence-electron chi connectivity index (χ0n) is 15.2. The van der Waals surface area contributed by atoms with Crippen LogP contribution in [0.4, 0.5) is 4.39 Å². The number of likely N-dealkylation sites (tertiary alicyclic amines) is 1. The first-order chi connectivity index (χ1) is 13.8. The van der Waals surface area contributed by atoms with Crippen LogP contribution in [0.5, 0.6) is 0 Å². The van der Waals surface area contributed by atoms with E-state index in [1.807, 2.05) is 0 Å². The SMILES string of the molecule is O=C(O)CCCN1C(=O)C(=O)C(C(=O)c2ccc(Br)cc2)C1c1ccc(F)cc1. The number of carboxylic acid groups (broad SMARTS) is 1. The summed E-state index contributed by atoms with van der Waals surface area (Å²) >= 11 is 3.28. The Bertz CT molecular complexity index is 958. The van der Waals surface area contributed by atoms with E-state index in [4.69, 9.17) is 5.11 Å². The first kappa shape index (κ1) is 20.9. The summed E-state index contributed by atoms with van der Waals surface area (Å²) in [6.07, 6.45) is -0.0509. The van der Waals surface area contributed by atoms with Crippen molar-refractivity contribution in [1.29, 1.82) is 0 Å². The number of ketones is 2. The first-order valence-electron chi connectivity index (χ1n) is 8.91. The number of benzene rings is 2. The predicted octanol–water partition coefficient (Wildman–Crippen LogP) is 3.40. The van der Waals surface area contributed by atoms with Gasteiger partial charge in [-0.3, -0.25) is 19.2 Å². The van der Waals surface area contributed by atoms with Crippen molar-refractivity contribution in [3.05, 3.63) is 69.9 Å². The van der Waals surface area contributed by atoms with Crippen LogP contribution < -0.4 is 0 Å². The zero-order valence-corrected chi connectivity index (χ0v) is 16.8. The van der Waals surface area contributed by atoms with Crippen LogP contribution in [0.25, 0.3) is 0 Å². The van der Waals surface area contributed by atoms with Crippen molar-refractivity contribution in [2.45, 2.75) is 18.9 Å². The molecule has 2 unspecified atom stereocenters. The largest absolute Gasteiger partial charge is 0.481 e. The van der Waals surface area contributed by atoms with Gasteiger partial charge in [-0.05, 0) is 36.2 Å². The van der Waals surface area contributed by atoms with Gasteiger partial charge in [-0.1, -0.05) is 40.2 Å². The second-order valence-electron chi connectivity index (χ2n) is 6.71. The highest BCUT2D eigenvalue weighted by atomic mass is 79.9. The number of rotatable bonds is 7. The molecular weight excluding hydrogens is 445 g/mol. The van der Waals surface area contributed by atoms with Crippen molar-refractivity contribution >= 4 is 39.4 Å². The fraction of sp³-hybridized carbons (Fsp3) is 0.238. The minimum Gasteiger partial charge on any atom is -0.481 e. The minimum absolute atomic E-state index is 0.00301. The van der Waals surface area contributed by atoms with E-state index in [1.54, 1.807) is 24.3 Å². The van der Waals surface area contributed by atoms with Crippen LogP contribution in [0.2, 0.25) is 0 Å². The van der Waals surface area contributed by atoms with Crippen LogP contribution in [-0.4, -0.2) is 40.0 Å². The van der Waals surface area contributed by atoms with Gasteiger partial charge in [0.1, 0.15) is 11.7 Å². The molecule has 150 valence electrons. The zero-order chi connectivity index (χ0) is 21.1. The number of amides is 1. The lowest BCUT2D eigenvalue weighted by molar-refractivity contribution is -0.141. The first-order valence-corrected chi connectivity index (χ1v) is 9.70. The van der Waals surface area contributed by atoms with Crippen molar-refractivity contribution in [3.63, 3.8) is 0 Å². The molecule has 0 bridgehead atoms. The molecule has 0 saturated carbocycles. The normalized spacial score (nSPS) is 18.9. The molecule has 0 aliphatic carbocycles. The summed E-state index contributed by atoms with van der Waals surface area (Å²) in [7, 11) is 0. The van der Waals surface area contributed by atoms with E-state index in [0.29, 0.717) is 5.56 Å². The molecule has 1 N–H and O–H groups in total. The van der Waals surface area contributed by atoms with Gasteiger partial charge in [0.05, 0.1) is 6.04 Å². The van der Waals surface area contributed by atoms with Crippen molar-refractivity contribution < 1.29 is 28.7 Å². The number of carbonyl (C=O) groups excluding carboxylic acids is 3. The number of Topliss-reactive ketones (excluding diaryl/α,β-unsaturated/α-hetero) is 2. The molecule has 2 aromatic rings. The minimum atomic E-state index is -1.28. The van der Waals surface area contributed by atoms with Gasteiger partial charge in [-0.15, -0.1) is 0 Å². The monoisotopic (exact) mass is 461 g/mol. The average Bonchev–Trinajstić information content (AvgIpc) is 2.93. The van der Waals surface area contributed by atoms with E-state index in [0.717, 1.165) is 4.47 Å². The summed E-state index contributed by atoms with van der Waals surface area (Å²) < 4.78 is 14.1. The second-order valence-corrected chi connectivity index (χ2v) is 7.62. The Hall–Kier alpha value is -2.87. The molecule has 1 amide bonds. The summed E-state index contributed by atoms with van der Waals surface area (Å²) in [4.78, 5) is 50.5. The molecule has 0 aromatic heterocycles. The maximum absolute atomic E-state index is 13.4. The number of nitrogens with zero attached hydrogens (tertiary/aromatic N) is 1. The van der Waals surface area contributed by atoms with E-state index in [1.165, 1.54) is 29.2 Å². The van der Waals surface area contributed by atoms with Crippen molar-refractivity contribution in [2.24, 2.45) is 5.92 Å². The Morgan fingerprint density at radius 1 is 1.03 bits per heavy atom. The lowest BCUT2D eigenvalue weighted by atomic mass is 9.86. The van der Waals surface area contributed by atoms with Gasteiger partial charge in [-0.2, -0.15) is 0 Å². The van der Waals surface area contributed by atoms with Crippen LogP contribution in [0.1, 0.15) is 34.8 Å². The summed E-state index contributed by atoms with van der Waals surface area (Å²) in [5.74, 6) is -4.98. The highest BCUT2D eigenvalue weighted by Gasteiger charge is 2.51. The van der Waals surface area contributed by atoms with Gasteiger partial charge in [0.25, 0.3) is 5.91 Å². The Kier molecular flexibility index (Phi) is 6.22. The molecule has 2 aromatic carbocycles. The Balaban J connectivity index is 1.99. The van der Waals surface area contributed by atoms with Crippen molar-refractivity contribution in [3.8, 4) is 0 Å². The highest BCUT2D eigenvalue weighted by Crippen LogP contribution is 2.38. The van der Waals surface area contributed by atoms with Crippen LogP contribution in [0.3, 0.4) is 0 Å². The molecule has 1 heterocycles. The molecule has 0 spiro atoms. The molecule has 0 radical (unpaired) electrons. The number of halogens is 2. The molecule has 1 aliphatic rings. The van der Waals surface area contributed by atoms with Gasteiger partial charge in [0.2, 0.25) is 5.78 Å². The van der Waals surface area contributed by atoms with E-state index in [2.05, 4.69) is 15.9 Å². The Morgan fingerprint density at radius 3 is 2.24 bits per heavy atom. The number of carboxylic acids is 1. The predicted molar refractivity (Wildman–Crippen MR) is 105 cm³/mol. The topological polar surface area (TPSA) is 91.8 Å². The fourth-order valence-corrected chi connectivity index (χ4v) is 3.72. The molecule has 1 saturated heterocycles. The van der Waals surface area contributed by atoms with Crippen LogP contribution in [-0.2, 0) is 14.4 Å². The summed E-state index contributed by atoms with van der Waals surface area (Å²) in [5, 5.41) is 8.86. The molecular formula is C21H17BrFNO5. The van der Waals surface area contributed by atoms with Gasteiger partial charge in [-0.25, -0.2) is 4.39 Å². The van der Waals surface area contributed by atoms with Crippen LogP contribution in [0, 0.1) is 11.7 Å². The van der Waals surface area contributed by atoms with E-state index in [9.17, 15) is 23.6 Å². The molecule has 8 heteroatoms. The molecule has 1 aliphatic heterocycles. The third-order valence-corrected chi connectivity index (χ3v) is 5.35. The van der Waals surface area contributed by atoms with Gasteiger partial charge in [0, 0.05) is 23.0 Å². The number of hydrogen-bond donors (Lipinski definition) is 1. The Labute approximate surface area is 174 Å². The van der Waals surface area contributed by atoms with Crippen molar-refractivity contribution in [2.75, 3.05) is 6.54 Å². The molecule has 6 nitrogen and oxygen atoms in total. The number of hydrogen-bond acceptors (Lipinski definition) is 4. The van der Waals surface area contributed by atoms with Gasteiger partial charge < -0.3 is 10.0 Å². The van der Waals surface area contributed by atoms with Gasteiger partial charge >= 0.3 is 5.97 Å². The second kappa shape index (κ2) is 8.65. The Morgan fingerprint density at radius 2 is 1.66 bits per heavy atom. The lowest BCUT2D eigenvalue weighted by Crippen LogP contribution is -2.32. The fourth-order valence-electron chi connectivity index (χ4n) is 3.45. The summed E-state index contributed by atoms with van der Waals surface area (Å²) in [6.45, 7) is 0.00301. The van der Waals surface area contributed by atoms with Crippen LogP contribution >= 0.6 is 15.9 Å². The smallest absolute Gasteiger partial charge is 0.303 e. The van der Waals surface area contributed by atoms with E-state index in [-0.39, 0.29) is 24.9 Å². The van der Waals surface area contributed by atoms with E-state index < -0.39 is 41.2 Å².